The molecule has 122 valence electrons. The topological polar surface area (TPSA) is 78.7 Å². The van der Waals surface area contributed by atoms with Crippen LogP contribution >= 0.6 is 0 Å². The Labute approximate surface area is 134 Å². The Bertz CT molecular complexity index is 725. The summed E-state index contributed by atoms with van der Waals surface area (Å²) in [5, 5.41) is 7.74. The molecule has 1 aliphatic heterocycles. The molecule has 0 spiro atoms. The lowest BCUT2D eigenvalue weighted by Crippen LogP contribution is -2.39. The third-order valence-corrected chi connectivity index (χ3v) is 4.12. The van der Waals surface area contributed by atoms with Crippen molar-refractivity contribution < 1.29 is 14.1 Å². The summed E-state index contributed by atoms with van der Waals surface area (Å²) in [5.74, 6) is -0.0357. The average Bonchev–Trinajstić information content (AvgIpc) is 3.19. The van der Waals surface area contributed by atoms with Crippen LogP contribution in [0, 0.1) is 5.92 Å². The summed E-state index contributed by atoms with van der Waals surface area (Å²) in [6.45, 7) is 1.36. The van der Waals surface area contributed by atoms with E-state index in [4.69, 9.17) is 4.52 Å². The summed E-state index contributed by atoms with van der Waals surface area (Å²) in [4.78, 5) is 27.4. The van der Waals surface area contributed by atoms with E-state index in [1.807, 2.05) is 24.3 Å². The van der Waals surface area contributed by atoms with Crippen molar-refractivity contribution in [1.29, 1.82) is 0 Å². The summed E-state index contributed by atoms with van der Waals surface area (Å²) >= 11 is 0. The molecule has 0 radical (unpaired) electrons. The Balaban J connectivity index is 1.57. The molecular weight excluding hydrogens is 296 g/mol. The van der Waals surface area contributed by atoms with E-state index in [9.17, 15) is 9.59 Å². The van der Waals surface area contributed by atoms with Crippen molar-refractivity contribution in [1.82, 2.24) is 20.3 Å². The zero-order valence-corrected chi connectivity index (χ0v) is 13.3. The van der Waals surface area contributed by atoms with Crippen molar-refractivity contribution in [3.8, 4) is 0 Å². The number of likely N-dealkylation sites (tertiary alicyclic amines) is 1. The van der Waals surface area contributed by atoms with E-state index < -0.39 is 0 Å². The largest absolute Gasteiger partial charge is 0.356 e. The smallest absolute Gasteiger partial charge is 0.317 e. The Morgan fingerprint density at radius 2 is 2.17 bits per heavy atom. The first kappa shape index (κ1) is 15.3. The second kappa shape index (κ2) is 6.28. The molecule has 1 fully saturated rings. The van der Waals surface area contributed by atoms with Gasteiger partial charge in [0.1, 0.15) is 5.69 Å². The summed E-state index contributed by atoms with van der Waals surface area (Å²) in [5.41, 5.74) is 1.41. The van der Waals surface area contributed by atoms with Gasteiger partial charge in [0.15, 0.2) is 5.58 Å². The van der Waals surface area contributed by atoms with Crippen LogP contribution in [0.4, 0.5) is 4.79 Å². The van der Waals surface area contributed by atoms with Gasteiger partial charge in [0.25, 0.3) is 0 Å². The molecule has 1 atom stereocenters. The van der Waals surface area contributed by atoms with Crippen LogP contribution in [0.3, 0.4) is 0 Å². The average molecular weight is 316 g/mol. The molecule has 1 aromatic heterocycles. The first-order valence-electron chi connectivity index (χ1n) is 7.63. The number of carbonyl (C=O) groups is 2. The Hall–Kier alpha value is -2.57. The van der Waals surface area contributed by atoms with Crippen molar-refractivity contribution in [2.24, 2.45) is 5.92 Å². The van der Waals surface area contributed by atoms with Crippen LogP contribution in [0.1, 0.15) is 12.1 Å². The highest BCUT2D eigenvalue weighted by atomic mass is 16.5. The third kappa shape index (κ3) is 3.13. The zero-order chi connectivity index (χ0) is 16.4. The number of nitrogens with one attached hydrogen (secondary N) is 1. The Morgan fingerprint density at radius 3 is 2.96 bits per heavy atom. The lowest BCUT2D eigenvalue weighted by molar-refractivity contribution is -0.132. The number of para-hydroxylation sites is 1. The number of urea groups is 1. The van der Waals surface area contributed by atoms with Crippen LogP contribution in [-0.2, 0) is 11.3 Å². The molecule has 23 heavy (non-hydrogen) atoms. The van der Waals surface area contributed by atoms with Crippen molar-refractivity contribution in [2.45, 2.75) is 13.0 Å². The van der Waals surface area contributed by atoms with E-state index in [-0.39, 0.29) is 17.9 Å². The first-order chi connectivity index (χ1) is 11.1. The van der Waals surface area contributed by atoms with Gasteiger partial charge in [0.05, 0.1) is 12.5 Å². The van der Waals surface area contributed by atoms with Crippen LogP contribution in [0.5, 0.6) is 0 Å². The molecule has 7 nitrogen and oxygen atoms in total. The number of benzene rings is 1. The minimum absolute atomic E-state index is 0.0720. The maximum Gasteiger partial charge on any atom is 0.317 e. The fraction of sp³-hybridized carbons (Fsp3) is 0.438. The molecule has 1 saturated heterocycles. The fourth-order valence-electron chi connectivity index (χ4n) is 2.85. The summed E-state index contributed by atoms with van der Waals surface area (Å²) in [7, 11) is 3.47. The van der Waals surface area contributed by atoms with Crippen LogP contribution in [-0.4, -0.2) is 54.1 Å². The van der Waals surface area contributed by atoms with Gasteiger partial charge in [-0.3, -0.25) is 4.79 Å². The molecule has 0 bridgehead atoms. The predicted octanol–water partition coefficient (Wildman–Crippen LogP) is 1.45. The van der Waals surface area contributed by atoms with Crippen LogP contribution in [0.2, 0.25) is 0 Å². The highest BCUT2D eigenvalue weighted by Gasteiger charge is 2.31. The maximum absolute atomic E-state index is 12.2. The number of nitrogens with zero attached hydrogens (tertiary/aromatic N) is 3. The van der Waals surface area contributed by atoms with E-state index in [1.165, 1.54) is 0 Å². The molecular formula is C16H20N4O3. The lowest BCUT2D eigenvalue weighted by Gasteiger charge is -2.18. The number of amides is 3. The Kier molecular flexibility index (Phi) is 4.18. The van der Waals surface area contributed by atoms with Gasteiger partial charge in [-0.15, -0.1) is 0 Å². The molecule has 3 rings (SSSR count). The van der Waals surface area contributed by atoms with Gasteiger partial charge in [0, 0.05) is 32.6 Å². The van der Waals surface area contributed by atoms with Gasteiger partial charge in [-0.1, -0.05) is 17.3 Å². The van der Waals surface area contributed by atoms with Crippen LogP contribution < -0.4 is 5.32 Å². The molecule has 2 aromatic rings. The zero-order valence-electron chi connectivity index (χ0n) is 13.3. The number of hydrogen-bond donors (Lipinski definition) is 1. The van der Waals surface area contributed by atoms with E-state index in [0.717, 1.165) is 5.39 Å². The van der Waals surface area contributed by atoms with Crippen molar-refractivity contribution in [3.05, 3.63) is 30.0 Å². The van der Waals surface area contributed by atoms with Gasteiger partial charge < -0.3 is 19.6 Å². The summed E-state index contributed by atoms with van der Waals surface area (Å²) < 4.78 is 5.22. The van der Waals surface area contributed by atoms with Gasteiger partial charge in [-0.05, 0) is 18.6 Å². The SMILES string of the molecule is CN(C)C(=O)C1CCN(C(=O)NCc2noc3ccccc23)C1. The highest BCUT2D eigenvalue weighted by Crippen LogP contribution is 2.19. The van der Waals surface area contributed by atoms with E-state index in [2.05, 4.69) is 10.5 Å². The van der Waals surface area contributed by atoms with E-state index in [0.29, 0.717) is 37.3 Å². The molecule has 7 heteroatoms. The standard InChI is InChI=1S/C16H20N4O3/c1-19(2)15(21)11-7-8-20(10-11)16(22)17-9-13-12-5-3-4-6-14(12)23-18-13/h3-6,11H,7-10H2,1-2H3,(H,17,22). The summed E-state index contributed by atoms with van der Waals surface area (Å²) in [6, 6.07) is 7.36. The lowest BCUT2D eigenvalue weighted by atomic mass is 10.1. The number of rotatable bonds is 3. The van der Waals surface area contributed by atoms with Crippen LogP contribution in [0.15, 0.2) is 28.8 Å². The minimum Gasteiger partial charge on any atom is -0.356 e. The third-order valence-electron chi connectivity index (χ3n) is 4.12. The number of hydrogen-bond acceptors (Lipinski definition) is 4. The minimum atomic E-state index is -0.175. The van der Waals surface area contributed by atoms with Gasteiger partial charge in [0.2, 0.25) is 5.91 Å². The summed E-state index contributed by atoms with van der Waals surface area (Å²) in [6.07, 6.45) is 0.706. The van der Waals surface area contributed by atoms with Crippen LogP contribution in [0.25, 0.3) is 11.0 Å². The molecule has 0 saturated carbocycles. The first-order valence-corrected chi connectivity index (χ1v) is 7.63. The molecule has 1 unspecified atom stereocenters. The quantitative estimate of drug-likeness (QED) is 0.929. The molecule has 3 amide bonds. The number of aromatic nitrogens is 1. The molecule has 1 aromatic carbocycles. The monoisotopic (exact) mass is 316 g/mol. The Morgan fingerprint density at radius 1 is 1.39 bits per heavy atom. The predicted molar refractivity (Wildman–Crippen MR) is 84.6 cm³/mol. The van der Waals surface area contributed by atoms with Crippen molar-refractivity contribution in [2.75, 3.05) is 27.2 Å². The van der Waals surface area contributed by atoms with Crippen molar-refractivity contribution in [3.63, 3.8) is 0 Å². The molecule has 2 heterocycles. The van der Waals surface area contributed by atoms with E-state index >= 15 is 0 Å². The molecule has 1 N–H and O–H groups in total. The number of fused-ring (bicyclic) bond motifs is 1. The van der Waals surface area contributed by atoms with E-state index in [1.54, 1.807) is 23.9 Å². The van der Waals surface area contributed by atoms with Gasteiger partial charge in [-0.2, -0.15) is 0 Å². The maximum atomic E-state index is 12.2. The molecule has 0 aliphatic carbocycles. The highest BCUT2D eigenvalue weighted by molar-refractivity contribution is 5.82. The number of carbonyl (C=O) groups excluding carboxylic acids is 2. The normalized spacial score (nSPS) is 17.5. The fourth-order valence-corrected chi connectivity index (χ4v) is 2.85. The molecule has 1 aliphatic rings. The second-order valence-electron chi connectivity index (χ2n) is 5.95. The van der Waals surface area contributed by atoms with Gasteiger partial charge in [-0.25, -0.2) is 4.79 Å². The second-order valence-corrected chi connectivity index (χ2v) is 5.95. The van der Waals surface area contributed by atoms with Crippen molar-refractivity contribution >= 4 is 22.9 Å². The van der Waals surface area contributed by atoms with Gasteiger partial charge >= 0.3 is 6.03 Å².